The summed E-state index contributed by atoms with van der Waals surface area (Å²) in [5.74, 6) is 0.289. The second kappa shape index (κ2) is 17.8. The predicted octanol–water partition coefficient (Wildman–Crippen LogP) is 3.07. The van der Waals surface area contributed by atoms with Crippen LogP contribution in [0.25, 0.3) is 0 Å². The van der Waals surface area contributed by atoms with Crippen LogP contribution in [0.5, 0.6) is 0 Å². The largest absolute Gasteiger partial charge is 0.459 e. The summed E-state index contributed by atoms with van der Waals surface area (Å²) in [5, 5.41) is 14.5. The van der Waals surface area contributed by atoms with Gasteiger partial charge in [0.2, 0.25) is 12.2 Å². The van der Waals surface area contributed by atoms with Crippen LogP contribution < -0.4 is 16.4 Å². The number of benzene rings is 1. The van der Waals surface area contributed by atoms with Crippen LogP contribution in [0.1, 0.15) is 46.5 Å². The Morgan fingerprint density at radius 3 is 2.53 bits per heavy atom. The van der Waals surface area contributed by atoms with Gasteiger partial charge in [0.1, 0.15) is 0 Å². The molecule has 0 spiro atoms. The second-order valence-electron chi connectivity index (χ2n) is 9.54. The summed E-state index contributed by atoms with van der Waals surface area (Å²) in [5.41, 5.74) is 6.99. The molecule has 0 saturated heterocycles. The van der Waals surface area contributed by atoms with E-state index in [0.29, 0.717) is 70.2 Å². The van der Waals surface area contributed by atoms with Crippen LogP contribution in [0.4, 0.5) is 11.4 Å². The number of unbranched alkanes of at least 4 members (excludes halogenated alkanes) is 1. The van der Waals surface area contributed by atoms with Gasteiger partial charge < -0.3 is 40.4 Å². The Hall–Kier alpha value is -2.66. The number of carbonyl (C=O) groups excluding carboxylic acids is 2. The van der Waals surface area contributed by atoms with E-state index in [2.05, 4.69) is 24.5 Å². The van der Waals surface area contributed by atoms with Gasteiger partial charge in [0.15, 0.2) is 5.76 Å². The highest BCUT2D eigenvalue weighted by molar-refractivity contribution is 5.93. The topological polar surface area (TPSA) is 141 Å². The first-order valence-electron chi connectivity index (χ1n) is 13.6. The second-order valence-corrected chi connectivity index (χ2v) is 9.54. The quantitative estimate of drug-likeness (QED) is 0.166. The summed E-state index contributed by atoms with van der Waals surface area (Å²) < 4.78 is 22.8. The third-order valence-electron chi connectivity index (χ3n) is 6.31. The molecule has 0 unspecified atom stereocenters. The van der Waals surface area contributed by atoms with Crippen molar-refractivity contribution in [2.24, 2.45) is 17.8 Å². The average Bonchev–Trinajstić information content (AvgIpc) is 2.89. The molecule has 214 valence electrons. The summed E-state index contributed by atoms with van der Waals surface area (Å²) in [6.45, 7) is 8.74. The van der Waals surface area contributed by atoms with Gasteiger partial charge in [-0.15, -0.1) is 0 Å². The number of nitrogen functional groups attached to an aromatic ring is 1. The van der Waals surface area contributed by atoms with Crippen LogP contribution in [0.15, 0.2) is 36.1 Å². The Labute approximate surface area is 226 Å². The fraction of sp³-hybridized carbons (Fsp3) is 0.643. The fourth-order valence-electron chi connectivity index (χ4n) is 4.33. The zero-order chi connectivity index (χ0) is 27.8. The van der Waals surface area contributed by atoms with Gasteiger partial charge in [-0.05, 0) is 56.2 Å². The highest BCUT2D eigenvalue weighted by Crippen LogP contribution is 2.36. The normalized spacial score (nSPS) is 19.1. The zero-order valence-corrected chi connectivity index (χ0v) is 22.9. The van der Waals surface area contributed by atoms with Crippen molar-refractivity contribution in [3.63, 3.8) is 0 Å². The van der Waals surface area contributed by atoms with E-state index < -0.39 is 6.29 Å². The van der Waals surface area contributed by atoms with Gasteiger partial charge in [-0.3, -0.25) is 9.59 Å². The lowest BCUT2D eigenvalue weighted by Crippen LogP contribution is -2.41. The Morgan fingerprint density at radius 1 is 1.11 bits per heavy atom. The number of carbonyl (C=O) groups is 2. The summed E-state index contributed by atoms with van der Waals surface area (Å²) in [4.78, 5) is 25.0. The van der Waals surface area contributed by atoms with E-state index in [-0.39, 0.29) is 41.9 Å². The Morgan fingerprint density at radius 2 is 1.84 bits per heavy atom. The third-order valence-corrected chi connectivity index (χ3v) is 6.31. The number of aliphatic hydroxyl groups excluding tert-OH is 1. The molecule has 0 saturated carbocycles. The van der Waals surface area contributed by atoms with E-state index in [1.54, 1.807) is 12.1 Å². The number of hydrogen-bond acceptors (Lipinski definition) is 8. The Bertz CT molecular complexity index is 878. The van der Waals surface area contributed by atoms with Gasteiger partial charge in [-0.25, -0.2) is 0 Å². The Balaban J connectivity index is 1.81. The molecule has 1 aromatic carbocycles. The molecular formula is C28H45N3O7. The van der Waals surface area contributed by atoms with E-state index in [9.17, 15) is 9.59 Å². The average molecular weight is 536 g/mol. The molecule has 2 amide bonds. The van der Waals surface area contributed by atoms with Gasteiger partial charge in [-0.2, -0.15) is 0 Å². The summed E-state index contributed by atoms with van der Waals surface area (Å²) in [7, 11) is 0. The van der Waals surface area contributed by atoms with Gasteiger partial charge in [0.25, 0.3) is 5.91 Å². The van der Waals surface area contributed by atoms with E-state index >= 15 is 0 Å². The van der Waals surface area contributed by atoms with Gasteiger partial charge in [-0.1, -0.05) is 26.0 Å². The monoisotopic (exact) mass is 535 g/mol. The molecule has 10 nitrogen and oxygen atoms in total. The minimum Gasteiger partial charge on any atom is -0.459 e. The molecule has 3 atom stereocenters. The maximum atomic E-state index is 12.9. The van der Waals surface area contributed by atoms with Crippen molar-refractivity contribution in [2.75, 3.05) is 57.2 Å². The van der Waals surface area contributed by atoms with Crippen molar-refractivity contribution in [3.8, 4) is 0 Å². The predicted molar refractivity (Wildman–Crippen MR) is 146 cm³/mol. The number of hydrogen-bond donors (Lipinski definition) is 4. The van der Waals surface area contributed by atoms with Crippen molar-refractivity contribution in [1.29, 1.82) is 0 Å². The number of allylic oxidation sites excluding steroid dienone is 1. The third kappa shape index (κ3) is 11.0. The lowest BCUT2D eigenvalue weighted by atomic mass is 9.79. The van der Waals surface area contributed by atoms with Crippen LogP contribution in [0.3, 0.4) is 0 Å². The molecule has 38 heavy (non-hydrogen) atoms. The number of para-hydroxylation sites is 2. The van der Waals surface area contributed by atoms with Crippen LogP contribution >= 0.6 is 0 Å². The van der Waals surface area contributed by atoms with Crippen LogP contribution in [-0.2, 0) is 28.5 Å². The molecular weight excluding hydrogens is 490 g/mol. The smallest absolute Gasteiger partial charge is 0.286 e. The van der Waals surface area contributed by atoms with Gasteiger partial charge in [0.05, 0.1) is 37.8 Å². The first-order chi connectivity index (χ1) is 18.4. The number of amides is 2. The molecule has 1 aliphatic heterocycles. The van der Waals surface area contributed by atoms with Crippen molar-refractivity contribution in [2.45, 2.75) is 52.7 Å². The highest BCUT2D eigenvalue weighted by atomic mass is 16.7. The van der Waals surface area contributed by atoms with E-state index in [1.807, 2.05) is 25.1 Å². The SMILES string of the molecule is CCO[C@@H]1OC(C(=O)NCCCCC(=O)Nc2ccccc2N)=C[C@H](C(C)C)[C@@H]1CCOCCOCCO. The van der Waals surface area contributed by atoms with Crippen LogP contribution in [0.2, 0.25) is 0 Å². The van der Waals surface area contributed by atoms with Crippen molar-refractivity contribution in [3.05, 3.63) is 36.1 Å². The van der Waals surface area contributed by atoms with Crippen LogP contribution in [0, 0.1) is 17.8 Å². The van der Waals surface area contributed by atoms with Gasteiger partial charge >= 0.3 is 0 Å². The molecule has 5 N–H and O–H groups in total. The maximum absolute atomic E-state index is 12.9. The summed E-state index contributed by atoms with van der Waals surface area (Å²) >= 11 is 0. The molecule has 10 heteroatoms. The van der Waals surface area contributed by atoms with Crippen LogP contribution in [-0.4, -0.2) is 69.4 Å². The summed E-state index contributed by atoms with van der Waals surface area (Å²) in [6, 6.07) is 7.13. The first-order valence-corrected chi connectivity index (χ1v) is 13.6. The fourth-order valence-corrected chi connectivity index (χ4v) is 4.33. The highest BCUT2D eigenvalue weighted by Gasteiger charge is 2.38. The number of ether oxygens (including phenoxy) is 4. The molecule has 0 bridgehead atoms. The number of nitrogens with one attached hydrogen (secondary N) is 2. The first kappa shape index (κ1) is 31.6. The minimum absolute atomic E-state index is 0.00436. The minimum atomic E-state index is -0.540. The lowest BCUT2D eigenvalue weighted by molar-refractivity contribution is -0.177. The number of rotatable bonds is 18. The molecule has 1 heterocycles. The van der Waals surface area contributed by atoms with Crippen molar-refractivity contribution < 1.29 is 33.6 Å². The van der Waals surface area contributed by atoms with Gasteiger partial charge in [0, 0.05) is 32.1 Å². The van der Waals surface area contributed by atoms with Crippen molar-refractivity contribution >= 4 is 23.2 Å². The van der Waals surface area contributed by atoms with Crippen molar-refractivity contribution in [1.82, 2.24) is 5.32 Å². The van der Waals surface area contributed by atoms with E-state index in [0.717, 1.165) is 6.42 Å². The molecule has 0 aliphatic carbocycles. The molecule has 1 aliphatic rings. The van der Waals surface area contributed by atoms with E-state index in [1.165, 1.54) is 0 Å². The van der Waals surface area contributed by atoms with E-state index in [4.69, 9.17) is 29.8 Å². The standard InChI is InChI=1S/C28H45N3O7/c1-4-37-28-21(12-15-35-17-18-36-16-14-32)22(20(2)3)19-25(38-28)27(34)30-13-8-7-11-26(33)31-24-10-6-5-9-23(24)29/h5-6,9-10,19-22,28,32H,4,7-8,11-18,29H2,1-3H3,(H,30,34)(H,31,33)/t21-,22+,28+/m0/s1. The Kier molecular flexibility index (Phi) is 14.8. The molecule has 0 radical (unpaired) electrons. The number of anilines is 2. The molecule has 1 aromatic rings. The molecule has 0 fully saturated rings. The molecule has 0 aromatic heterocycles. The number of nitrogens with two attached hydrogens (primary N) is 1. The lowest BCUT2D eigenvalue weighted by Gasteiger charge is -2.38. The zero-order valence-electron chi connectivity index (χ0n) is 22.9. The number of aliphatic hydroxyl groups is 1. The maximum Gasteiger partial charge on any atom is 0.286 e. The molecule has 2 rings (SSSR count). The summed E-state index contributed by atoms with van der Waals surface area (Å²) in [6.07, 6.45) is 3.70.